The van der Waals surface area contributed by atoms with Gasteiger partial charge >= 0.3 is 0 Å². The van der Waals surface area contributed by atoms with Crippen LogP contribution < -0.4 is 10.5 Å². The number of aryl methyl sites for hydroxylation is 1. The van der Waals surface area contributed by atoms with Gasteiger partial charge in [0.2, 0.25) is 10.0 Å². The molecule has 0 saturated carbocycles. The smallest absolute Gasteiger partial charge is 0.251 e. The Morgan fingerprint density at radius 1 is 1.35 bits per heavy atom. The molecule has 1 amide bonds. The average Bonchev–Trinajstić information content (AvgIpc) is 2.87. The van der Waals surface area contributed by atoms with E-state index in [0.717, 1.165) is 0 Å². The van der Waals surface area contributed by atoms with E-state index in [2.05, 4.69) is 5.32 Å². The molecule has 1 heterocycles. The predicted molar refractivity (Wildman–Crippen MR) is 72.4 cm³/mol. The van der Waals surface area contributed by atoms with Crippen LogP contribution >= 0.6 is 0 Å². The summed E-state index contributed by atoms with van der Waals surface area (Å²) < 4.78 is 27.5. The van der Waals surface area contributed by atoms with Gasteiger partial charge in [0, 0.05) is 5.56 Å². The largest absolute Gasteiger partial charge is 0.467 e. The minimum atomic E-state index is -3.76. The molecule has 0 aliphatic carbocycles. The number of benzene rings is 1. The first-order valence-corrected chi connectivity index (χ1v) is 7.36. The van der Waals surface area contributed by atoms with Crippen molar-refractivity contribution in [3.63, 3.8) is 0 Å². The fourth-order valence-electron chi connectivity index (χ4n) is 1.74. The minimum absolute atomic E-state index is 0.0161. The number of nitrogens with two attached hydrogens (primary N) is 1. The predicted octanol–water partition coefficient (Wildman–Crippen LogP) is 1.17. The third-order valence-electron chi connectivity index (χ3n) is 2.77. The van der Waals surface area contributed by atoms with E-state index in [9.17, 15) is 13.2 Å². The van der Waals surface area contributed by atoms with E-state index in [1.165, 1.54) is 24.5 Å². The molecule has 0 unspecified atom stereocenters. The van der Waals surface area contributed by atoms with Crippen molar-refractivity contribution in [2.45, 2.75) is 18.4 Å². The van der Waals surface area contributed by atoms with E-state index in [4.69, 9.17) is 9.56 Å². The third-order valence-corrected chi connectivity index (χ3v) is 3.69. The number of nitrogens with one attached hydrogen (secondary N) is 1. The SMILES string of the molecule is Cc1cc(S(N)(=O)=O)ccc1C(=O)NCc1ccco1. The molecule has 106 valence electrons. The first kappa shape index (κ1) is 14.3. The molecule has 6 nitrogen and oxygen atoms in total. The van der Waals surface area contributed by atoms with Gasteiger partial charge in [0.1, 0.15) is 5.76 Å². The van der Waals surface area contributed by atoms with Gasteiger partial charge in [-0.2, -0.15) is 0 Å². The Morgan fingerprint density at radius 2 is 2.10 bits per heavy atom. The number of amides is 1. The molecule has 0 spiro atoms. The number of sulfonamides is 1. The Bertz CT molecular complexity index is 721. The van der Waals surface area contributed by atoms with Crippen LogP contribution in [0.5, 0.6) is 0 Å². The van der Waals surface area contributed by atoms with Gasteiger partial charge in [0.25, 0.3) is 5.91 Å². The Labute approximate surface area is 116 Å². The summed E-state index contributed by atoms with van der Waals surface area (Å²) in [5.41, 5.74) is 0.928. The van der Waals surface area contributed by atoms with Crippen LogP contribution in [0.15, 0.2) is 45.9 Å². The lowest BCUT2D eigenvalue weighted by Gasteiger charge is -2.08. The van der Waals surface area contributed by atoms with Gasteiger partial charge < -0.3 is 9.73 Å². The average molecular weight is 294 g/mol. The summed E-state index contributed by atoms with van der Waals surface area (Å²) in [4.78, 5) is 12.0. The molecule has 7 heteroatoms. The summed E-state index contributed by atoms with van der Waals surface area (Å²) in [6, 6.07) is 7.60. The van der Waals surface area contributed by atoms with Gasteiger partial charge in [0.15, 0.2) is 0 Å². The van der Waals surface area contributed by atoms with E-state index in [0.29, 0.717) is 16.9 Å². The number of carbonyl (C=O) groups is 1. The fraction of sp³-hybridized carbons (Fsp3) is 0.154. The zero-order chi connectivity index (χ0) is 14.8. The highest BCUT2D eigenvalue weighted by molar-refractivity contribution is 7.89. The normalized spacial score (nSPS) is 11.3. The summed E-state index contributed by atoms with van der Waals surface area (Å²) in [6.45, 7) is 1.92. The second kappa shape index (κ2) is 5.48. The molecule has 2 rings (SSSR count). The molecule has 0 fully saturated rings. The molecule has 0 saturated heterocycles. The maximum Gasteiger partial charge on any atom is 0.251 e. The molecule has 0 radical (unpaired) electrons. The highest BCUT2D eigenvalue weighted by atomic mass is 32.2. The summed E-state index contributed by atoms with van der Waals surface area (Å²) >= 11 is 0. The number of furan rings is 1. The third kappa shape index (κ3) is 3.25. The van der Waals surface area contributed by atoms with Crippen LogP contribution in [0.1, 0.15) is 21.7 Å². The van der Waals surface area contributed by atoms with Crippen molar-refractivity contribution in [3.8, 4) is 0 Å². The quantitative estimate of drug-likeness (QED) is 0.883. The van der Waals surface area contributed by atoms with Crippen LogP contribution in [-0.4, -0.2) is 14.3 Å². The Balaban J connectivity index is 2.14. The van der Waals surface area contributed by atoms with Crippen molar-refractivity contribution in [1.29, 1.82) is 0 Å². The Kier molecular flexibility index (Phi) is 3.91. The molecule has 3 N–H and O–H groups in total. The van der Waals surface area contributed by atoms with Crippen LogP contribution in [0.3, 0.4) is 0 Å². The minimum Gasteiger partial charge on any atom is -0.467 e. The van der Waals surface area contributed by atoms with Crippen molar-refractivity contribution >= 4 is 15.9 Å². The molecular formula is C13H14N2O4S. The zero-order valence-corrected chi connectivity index (χ0v) is 11.6. The van der Waals surface area contributed by atoms with E-state index in [1.54, 1.807) is 19.1 Å². The second-order valence-electron chi connectivity index (χ2n) is 4.28. The van der Waals surface area contributed by atoms with E-state index in [-0.39, 0.29) is 17.3 Å². The molecule has 20 heavy (non-hydrogen) atoms. The molecule has 1 aromatic heterocycles. The number of hydrogen-bond acceptors (Lipinski definition) is 4. The van der Waals surface area contributed by atoms with Crippen molar-refractivity contribution in [2.24, 2.45) is 5.14 Å². The van der Waals surface area contributed by atoms with Gasteiger partial charge in [-0.05, 0) is 42.8 Å². The van der Waals surface area contributed by atoms with Gasteiger partial charge in [-0.15, -0.1) is 0 Å². The van der Waals surface area contributed by atoms with Crippen LogP contribution in [0, 0.1) is 6.92 Å². The lowest BCUT2D eigenvalue weighted by Crippen LogP contribution is -2.23. The fourth-order valence-corrected chi connectivity index (χ4v) is 2.34. The van der Waals surface area contributed by atoms with Crippen molar-refractivity contribution in [3.05, 3.63) is 53.5 Å². The monoisotopic (exact) mass is 294 g/mol. The number of rotatable bonds is 4. The molecule has 0 aliphatic rings. The lowest BCUT2D eigenvalue weighted by molar-refractivity contribution is 0.0947. The number of hydrogen-bond donors (Lipinski definition) is 2. The van der Waals surface area contributed by atoms with Crippen molar-refractivity contribution in [2.75, 3.05) is 0 Å². The molecule has 0 atom stereocenters. The molecule has 2 aromatic rings. The maximum atomic E-state index is 12.0. The summed E-state index contributed by atoms with van der Waals surface area (Å²) in [5.74, 6) is 0.331. The summed E-state index contributed by atoms with van der Waals surface area (Å²) in [5, 5.41) is 7.72. The van der Waals surface area contributed by atoms with Crippen LogP contribution in [-0.2, 0) is 16.6 Å². The van der Waals surface area contributed by atoms with Gasteiger partial charge in [-0.25, -0.2) is 13.6 Å². The first-order chi connectivity index (χ1) is 9.38. The number of carbonyl (C=O) groups excluding carboxylic acids is 1. The van der Waals surface area contributed by atoms with Gasteiger partial charge in [0.05, 0.1) is 17.7 Å². The van der Waals surface area contributed by atoms with E-state index < -0.39 is 10.0 Å². The first-order valence-electron chi connectivity index (χ1n) is 5.82. The molecule has 0 aliphatic heterocycles. The zero-order valence-electron chi connectivity index (χ0n) is 10.8. The van der Waals surface area contributed by atoms with E-state index >= 15 is 0 Å². The van der Waals surface area contributed by atoms with E-state index in [1.807, 2.05) is 0 Å². The molecular weight excluding hydrogens is 280 g/mol. The summed E-state index contributed by atoms with van der Waals surface area (Å²) in [7, 11) is -3.76. The van der Waals surface area contributed by atoms with Crippen LogP contribution in [0.25, 0.3) is 0 Å². The Morgan fingerprint density at radius 3 is 2.65 bits per heavy atom. The highest BCUT2D eigenvalue weighted by Crippen LogP contribution is 2.14. The molecule has 1 aromatic carbocycles. The van der Waals surface area contributed by atoms with Crippen molar-refractivity contribution < 1.29 is 17.6 Å². The number of primary sulfonamides is 1. The van der Waals surface area contributed by atoms with Crippen molar-refractivity contribution in [1.82, 2.24) is 5.32 Å². The van der Waals surface area contributed by atoms with Crippen LogP contribution in [0.4, 0.5) is 0 Å². The standard InChI is InChI=1S/C13H14N2O4S/c1-9-7-11(20(14,17)18)4-5-12(9)13(16)15-8-10-3-2-6-19-10/h2-7H,8H2,1H3,(H,15,16)(H2,14,17,18). The van der Waals surface area contributed by atoms with Gasteiger partial charge in [-0.1, -0.05) is 0 Å². The summed E-state index contributed by atoms with van der Waals surface area (Å²) in [6.07, 6.45) is 1.52. The van der Waals surface area contributed by atoms with Gasteiger partial charge in [-0.3, -0.25) is 4.79 Å². The molecule has 0 bridgehead atoms. The van der Waals surface area contributed by atoms with Crippen LogP contribution in [0.2, 0.25) is 0 Å². The topological polar surface area (TPSA) is 102 Å². The Hall–Kier alpha value is -2.12. The lowest BCUT2D eigenvalue weighted by atomic mass is 10.1. The highest BCUT2D eigenvalue weighted by Gasteiger charge is 2.13. The maximum absolute atomic E-state index is 12.0. The second-order valence-corrected chi connectivity index (χ2v) is 5.85.